The Kier molecular flexibility index (Phi) is 4.75. The van der Waals surface area contributed by atoms with E-state index in [1.54, 1.807) is 42.5 Å². The average molecular weight is 397 g/mol. The molecule has 27 heavy (non-hydrogen) atoms. The lowest BCUT2D eigenvalue weighted by Gasteiger charge is -2.10. The van der Waals surface area contributed by atoms with Gasteiger partial charge in [-0.15, -0.1) is 0 Å². The van der Waals surface area contributed by atoms with Crippen LogP contribution in [0.3, 0.4) is 0 Å². The normalized spacial score (nSPS) is 15.4. The van der Waals surface area contributed by atoms with Gasteiger partial charge in [0.25, 0.3) is 5.91 Å². The van der Waals surface area contributed by atoms with Crippen molar-refractivity contribution in [2.24, 2.45) is 0 Å². The van der Waals surface area contributed by atoms with Crippen LogP contribution in [0.25, 0.3) is 6.08 Å². The molecule has 134 valence electrons. The van der Waals surface area contributed by atoms with Crippen molar-refractivity contribution in [2.75, 3.05) is 4.90 Å². The molecule has 0 saturated carbocycles. The Hall–Kier alpha value is -2.96. The van der Waals surface area contributed by atoms with Crippen LogP contribution >= 0.6 is 23.4 Å². The molecule has 4 rings (SSSR count). The van der Waals surface area contributed by atoms with E-state index in [1.807, 2.05) is 24.3 Å². The molecule has 0 aliphatic carbocycles. The van der Waals surface area contributed by atoms with E-state index in [2.05, 4.69) is 5.32 Å². The topological polar surface area (TPSA) is 62.6 Å². The van der Waals surface area contributed by atoms with Gasteiger partial charge in [-0.05, 0) is 48.5 Å². The second-order valence-electron chi connectivity index (χ2n) is 5.68. The summed E-state index contributed by atoms with van der Waals surface area (Å²) in [6, 6.07) is 19.2. The van der Waals surface area contributed by atoms with Crippen LogP contribution in [-0.2, 0) is 4.79 Å². The fraction of sp³-hybridized carbons (Fsp3) is 0. The minimum Gasteiger partial charge on any atom is -0.450 e. The lowest BCUT2D eigenvalue weighted by atomic mass is 10.3. The highest BCUT2D eigenvalue weighted by Crippen LogP contribution is 2.31. The number of carbonyl (C=O) groups excluding carboxylic acids is 2. The second kappa shape index (κ2) is 7.34. The van der Waals surface area contributed by atoms with Gasteiger partial charge in [0, 0.05) is 16.0 Å². The smallest absolute Gasteiger partial charge is 0.333 e. The highest BCUT2D eigenvalue weighted by atomic mass is 35.5. The molecule has 3 aromatic rings. The minimum atomic E-state index is -0.486. The first-order chi connectivity index (χ1) is 13.1. The van der Waals surface area contributed by atoms with Crippen molar-refractivity contribution >= 4 is 47.1 Å². The molecule has 0 atom stereocenters. The SMILES string of the molecule is O=C1N/C(=C/c2ccc(Sc3ccc(Cl)cc3)o2)C(=O)N1c1ccccc1. The number of rotatable bonds is 4. The van der Waals surface area contributed by atoms with Gasteiger partial charge in [-0.2, -0.15) is 0 Å². The summed E-state index contributed by atoms with van der Waals surface area (Å²) < 4.78 is 5.74. The minimum absolute atomic E-state index is 0.168. The van der Waals surface area contributed by atoms with Gasteiger partial charge in [0.1, 0.15) is 11.5 Å². The van der Waals surface area contributed by atoms with Crippen molar-refractivity contribution in [3.63, 3.8) is 0 Å². The molecule has 0 unspecified atom stereocenters. The third kappa shape index (κ3) is 3.77. The van der Waals surface area contributed by atoms with Crippen molar-refractivity contribution in [1.29, 1.82) is 0 Å². The van der Waals surface area contributed by atoms with Gasteiger partial charge in [-0.1, -0.05) is 41.6 Å². The van der Waals surface area contributed by atoms with Crippen molar-refractivity contribution in [3.8, 4) is 0 Å². The average Bonchev–Trinajstić information content (AvgIpc) is 3.22. The lowest BCUT2D eigenvalue weighted by Crippen LogP contribution is -2.30. The molecule has 0 spiro atoms. The fourth-order valence-electron chi connectivity index (χ4n) is 2.57. The van der Waals surface area contributed by atoms with E-state index in [0.29, 0.717) is 21.6 Å². The molecular weight excluding hydrogens is 384 g/mol. The van der Waals surface area contributed by atoms with E-state index in [9.17, 15) is 9.59 Å². The van der Waals surface area contributed by atoms with Crippen molar-refractivity contribution in [2.45, 2.75) is 9.99 Å². The molecule has 1 aromatic heterocycles. The van der Waals surface area contributed by atoms with Crippen LogP contribution in [0.15, 0.2) is 86.8 Å². The monoisotopic (exact) mass is 396 g/mol. The first-order valence-corrected chi connectivity index (χ1v) is 9.25. The van der Waals surface area contributed by atoms with E-state index in [0.717, 1.165) is 9.80 Å². The van der Waals surface area contributed by atoms with Gasteiger partial charge in [0.15, 0.2) is 5.09 Å². The maximum atomic E-state index is 12.6. The van der Waals surface area contributed by atoms with Gasteiger partial charge in [-0.25, -0.2) is 9.69 Å². The zero-order valence-corrected chi connectivity index (χ0v) is 15.5. The van der Waals surface area contributed by atoms with E-state index >= 15 is 0 Å². The van der Waals surface area contributed by atoms with E-state index in [4.69, 9.17) is 16.0 Å². The zero-order valence-electron chi connectivity index (χ0n) is 13.9. The number of amides is 3. The largest absolute Gasteiger partial charge is 0.450 e. The number of hydrogen-bond acceptors (Lipinski definition) is 4. The molecule has 1 aliphatic heterocycles. The quantitative estimate of drug-likeness (QED) is 0.487. The number of imide groups is 1. The summed E-state index contributed by atoms with van der Waals surface area (Å²) in [6.45, 7) is 0. The Balaban J connectivity index is 1.52. The summed E-state index contributed by atoms with van der Waals surface area (Å²) in [5.74, 6) is 0.0551. The maximum Gasteiger partial charge on any atom is 0.333 e. The van der Waals surface area contributed by atoms with Crippen molar-refractivity contribution in [3.05, 3.63) is 83.2 Å². The number of hydrogen-bond donors (Lipinski definition) is 1. The maximum absolute atomic E-state index is 12.6. The number of para-hydroxylation sites is 1. The number of anilines is 1. The van der Waals surface area contributed by atoms with Crippen LogP contribution in [-0.4, -0.2) is 11.9 Å². The first-order valence-electron chi connectivity index (χ1n) is 8.05. The number of halogens is 1. The van der Waals surface area contributed by atoms with E-state index in [1.165, 1.54) is 17.8 Å². The van der Waals surface area contributed by atoms with E-state index in [-0.39, 0.29) is 5.70 Å². The van der Waals surface area contributed by atoms with E-state index < -0.39 is 11.9 Å². The van der Waals surface area contributed by atoms with Gasteiger partial charge >= 0.3 is 6.03 Å². The van der Waals surface area contributed by atoms with Gasteiger partial charge in [0.05, 0.1) is 5.69 Å². The van der Waals surface area contributed by atoms with Crippen molar-refractivity contribution < 1.29 is 14.0 Å². The fourth-order valence-corrected chi connectivity index (χ4v) is 3.48. The third-order valence-corrected chi connectivity index (χ3v) is 4.99. The van der Waals surface area contributed by atoms with Gasteiger partial charge in [-0.3, -0.25) is 4.79 Å². The number of urea groups is 1. The number of carbonyl (C=O) groups is 2. The Bertz CT molecular complexity index is 1030. The molecule has 2 aromatic carbocycles. The number of furan rings is 1. The molecule has 7 heteroatoms. The molecule has 1 fully saturated rings. The third-order valence-electron chi connectivity index (χ3n) is 3.81. The van der Waals surface area contributed by atoms with Crippen LogP contribution in [0.2, 0.25) is 5.02 Å². The van der Waals surface area contributed by atoms with Gasteiger partial charge < -0.3 is 9.73 Å². The molecule has 0 bridgehead atoms. The predicted octanol–water partition coefficient (Wildman–Crippen LogP) is 5.18. The van der Waals surface area contributed by atoms with Crippen LogP contribution in [0.5, 0.6) is 0 Å². The summed E-state index contributed by atoms with van der Waals surface area (Å²) >= 11 is 7.32. The Labute approximate surface area is 164 Å². The molecular formula is C20H13ClN2O3S. The highest BCUT2D eigenvalue weighted by molar-refractivity contribution is 7.99. The van der Waals surface area contributed by atoms with Gasteiger partial charge in [0.2, 0.25) is 0 Å². The number of benzene rings is 2. The standard InChI is InChI=1S/C20H13ClN2O3S/c21-13-6-9-16(10-7-13)27-18-11-8-15(26-18)12-17-19(24)23(20(25)22-17)14-4-2-1-3-5-14/h1-12H,(H,22,25)/b17-12+. The molecule has 1 aliphatic rings. The summed E-state index contributed by atoms with van der Waals surface area (Å²) in [5.41, 5.74) is 0.683. The van der Waals surface area contributed by atoms with Crippen molar-refractivity contribution in [1.82, 2.24) is 5.32 Å². The summed E-state index contributed by atoms with van der Waals surface area (Å²) in [5, 5.41) is 3.92. The molecule has 1 N–H and O–H groups in total. The molecule has 5 nitrogen and oxygen atoms in total. The Morgan fingerprint density at radius 3 is 2.44 bits per heavy atom. The second-order valence-corrected chi connectivity index (χ2v) is 7.19. The summed E-state index contributed by atoms with van der Waals surface area (Å²) in [4.78, 5) is 26.8. The zero-order chi connectivity index (χ0) is 18.8. The molecule has 1 saturated heterocycles. The highest BCUT2D eigenvalue weighted by Gasteiger charge is 2.34. The van der Waals surface area contributed by atoms with Crippen LogP contribution in [0, 0.1) is 0 Å². The molecule has 2 heterocycles. The Morgan fingerprint density at radius 1 is 0.963 bits per heavy atom. The van der Waals surface area contributed by atoms with Crippen LogP contribution < -0.4 is 10.2 Å². The summed E-state index contributed by atoms with van der Waals surface area (Å²) in [7, 11) is 0. The molecule has 0 radical (unpaired) electrons. The molecule has 3 amide bonds. The summed E-state index contributed by atoms with van der Waals surface area (Å²) in [6.07, 6.45) is 1.52. The van der Waals surface area contributed by atoms with Crippen LogP contribution in [0.1, 0.15) is 5.76 Å². The number of nitrogens with zero attached hydrogens (tertiary/aromatic N) is 1. The number of nitrogens with one attached hydrogen (secondary N) is 1. The van der Waals surface area contributed by atoms with Crippen LogP contribution in [0.4, 0.5) is 10.5 Å². The first kappa shape index (κ1) is 17.5. The Morgan fingerprint density at radius 2 is 1.70 bits per heavy atom. The lowest BCUT2D eigenvalue weighted by molar-refractivity contribution is -0.113. The predicted molar refractivity (Wildman–Crippen MR) is 105 cm³/mol.